The van der Waals surface area contributed by atoms with Crippen molar-refractivity contribution in [1.29, 1.82) is 0 Å². The van der Waals surface area contributed by atoms with Crippen LogP contribution in [0.3, 0.4) is 0 Å². The van der Waals surface area contributed by atoms with E-state index in [4.69, 9.17) is 9.47 Å². The van der Waals surface area contributed by atoms with Crippen molar-refractivity contribution in [3.05, 3.63) is 12.2 Å². The predicted molar refractivity (Wildman–Crippen MR) is 75.5 cm³/mol. The van der Waals surface area contributed by atoms with Crippen LogP contribution in [0.1, 0.15) is 6.42 Å². The first-order valence-corrected chi connectivity index (χ1v) is 7.57. The number of esters is 2. The Morgan fingerprint density at radius 2 is 1.68 bits per heavy atom. The Morgan fingerprint density at radius 1 is 1.11 bits per heavy atom. The van der Waals surface area contributed by atoms with Gasteiger partial charge in [0.25, 0.3) is 10.5 Å². The van der Waals surface area contributed by atoms with Gasteiger partial charge in [-0.3, -0.25) is 4.79 Å². The average Bonchev–Trinajstić information content (AvgIpc) is 3.01. The molecule has 19 heavy (non-hydrogen) atoms. The van der Waals surface area contributed by atoms with Crippen LogP contribution in [0.15, 0.2) is 22.1 Å². The second-order valence-corrected chi connectivity index (χ2v) is 5.73. The molecule has 0 aromatic heterocycles. The van der Waals surface area contributed by atoms with E-state index >= 15 is 0 Å². The molecule has 0 fully saturated rings. The Hall–Kier alpha value is -1.28. The van der Waals surface area contributed by atoms with Crippen molar-refractivity contribution in [3.8, 4) is 0 Å². The summed E-state index contributed by atoms with van der Waals surface area (Å²) in [5.74, 6) is 0.402. The van der Waals surface area contributed by atoms with Gasteiger partial charge in [-0.1, -0.05) is 30.1 Å². The first kappa shape index (κ1) is 14.1. The molecule has 2 rings (SSSR count). The van der Waals surface area contributed by atoms with Crippen molar-refractivity contribution in [1.82, 2.24) is 0 Å². The van der Waals surface area contributed by atoms with Crippen LogP contribution in [-0.4, -0.2) is 47.0 Å². The number of rotatable bonds is 3. The van der Waals surface area contributed by atoms with E-state index in [2.05, 4.69) is 16.6 Å². The van der Waals surface area contributed by atoms with Crippen molar-refractivity contribution in [3.63, 3.8) is 0 Å². The molecule has 0 atom stereocenters. The molecule has 0 amide bonds. The number of hydrogen-bond donors (Lipinski definition) is 0. The molecule has 0 spiro atoms. The first-order valence-electron chi connectivity index (χ1n) is 5.60. The highest BCUT2D eigenvalue weighted by Crippen LogP contribution is 2.16. The topological polar surface area (TPSA) is 77.3 Å². The molecule has 0 saturated heterocycles. The van der Waals surface area contributed by atoms with Crippen LogP contribution < -0.4 is 0 Å². The van der Waals surface area contributed by atoms with Gasteiger partial charge in [-0.25, -0.2) is 14.8 Å². The van der Waals surface area contributed by atoms with Crippen LogP contribution in [0, 0.1) is 0 Å². The van der Waals surface area contributed by atoms with Crippen molar-refractivity contribution in [2.75, 3.05) is 24.6 Å². The number of ether oxygens (including phenoxy) is 2. The van der Waals surface area contributed by atoms with E-state index in [1.807, 2.05) is 0 Å². The molecule has 8 heteroatoms. The molecule has 0 aliphatic carbocycles. The van der Waals surface area contributed by atoms with Gasteiger partial charge in [0.1, 0.15) is 0 Å². The molecule has 0 unspecified atom stereocenters. The van der Waals surface area contributed by atoms with Crippen molar-refractivity contribution in [2.45, 2.75) is 6.42 Å². The minimum Gasteiger partial charge on any atom is -0.401 e. The number of hydrogen-bond acceptors (Lipinski definition) is 8. The second kappa shape index (κ2) is 6.76. The van der Waals surface area contributed by atoms with Crippen LogP contribution in [0.5, 0.6) is 0 Å². The van der Waals surface area contributed by atoms with Crippen molar-refractivity contribution < 1.29 is 19.1 Å². The van der Waals surface area contributed by atoms with E-state index in [0.717, 1.165) is 11.5 Å². The van der Waals surface area contributed by atoms with E-state index in [1.54, 1.807) is 0 Å². The van der Waals surface area contributed by atoms with Crippen LogP contribution in [0.4, 0.5) is 0 Å². The minimum absolute atomic E-state index is 0.0452. The number of carbonyl (C=O) groups is 2. The molecule has 0 aromatic carbocycles. The maximum absolute atomic E-state index is 11.6. The van der Waals surface area contributed by atoms with Crippen molar-refractivity contribution >= 4 is 45.9 Å². The molecule has 0 aromatic rings. The van der Waals surface area contributed by atoms with Crippen molar-refractivity contribution in [2.24, 2.45) is 9.98 Å². The molecule has 0 saturated carbocycles. The smallest absolute Gasteiger partial charge is 0.341 e. The van der Waals surface area contributed by atoms with Gasteiger partial charge in [0, 0.05) is 17.1 Å². The monoisotopic (exact) mass is 300 g/mol. The molecule has 6 nitrogen and oxygen atoms in total. The lowest BCUT2D eigenvalue weighted by atomic mass is 10.2. The lowest BCUT2D eigenvalue weighted by Gasteiger charge is -2.05. The summed E-state index contributed by atoms with van der Waals surface area (Å²) in [6, 6.07) is 0. The van der Waals surface area contributed by atoms with Gasteiger partial charge in [0.15, 0.2) is 0 Å². The molecule has 0 radical (unpaired) electrons. The Kier molecular flexibility index (Phi) is 5.03. The first-order chi connectivity index (χ1) is 9.15. The summed E-state index contributed by atoms with van der Waals surface area (Å²) in [6.07, 6.45) is -0.212. The number of nitrogens with zero attached hydrogens (tertiary/aromatic N) is 2. The molecule has 102 valence electrons. The zero-order valence-corrected chi connectivity index (χ0v) is 11.7. The SMILES string of the molecule is C=C(CC(=O)OC1=NCCS1)C(=O)OC1=NCCS1. The van der Waals surface area contributed by atoms with Crippen LogP contribution >= 0.6 is 23.5 Å². The molecule has 2 aliphatic heterocycles. The van der Waals surface area contributed by atoms with Gasteiger partial charge >= 0.3 is 11.9 Å². The van der Waals surface area contributed by atoms with Gasteiger partial charge in [0.05, 0.1) is 19.5 Å². The highest BCUT2D eigenvalue weighted by Gasteiger charge is 2.20. The number of thioether (sulfide) groups is 2. The van der Waals surface area contributed by atoms with E-state index in [0.29, 0.717) is 23.5 Å². The maximum Gasteiger partial charge on any atom is 0.341 e. The molecule has 0 N–H and O–H groups in total. The summed E-state index contributed by atoms with van der Waals surface area (Å²) in [6.45, 7) is 4.81. The third-order valence-electron chi connectivity index (χ3n) is 2.14. The standard InChI is InChI=1S/C11H12N2O4S2/c1-7(9(15)17-11-13-3-5-19-11)6-8(14)16-10-12-2-4-18-10/h1-6H2. The molecular formula is C11H12N2O4S2. The summed E-state index contributed by atoms with van der Waals surface area (Å²) in [5.41, 5.74) is 0.0452. The minimum atomic E-state index is -0.647. The van der Waals surface area contributed by atoms with Gasteiger partial charge in [-0.2, -0.15) is 0 Å². The molecular weight excluding hydrogens is 288 g/mol. The Balaban J connectivity index is 1.76. The van der Waals surface area contributed by atoms with Gasteiger partial charge in [-0.05, 0) is 0 Å². The molecule has 0 bridgehead atoms. The number of aliphatic imine (C=N–C) groups is 2. The van der Waals surface area contributed by atoms with Crippen LogP contribution in [-0.2, 0) is 19.1 Å². The highest BCUT2D eigenvalue weighted by atomic mass is 32.2. The van der Waals surface area contributed by atoms with Gasteiger partial charge < -0.3 is 9.47 Å². The van der Waals surface area contributed by atoms with E-state index in [9.17, 15) is 9.59 Å². The zero-order chi connectivity index (χ0) is 13.7. The summed E-state index contributed by atoms with van der Waals surface area (Å²) >= 11 is 2.73. The lowest BCUT2D eigenvalue weighted by Crippen LogP contribution is -2.15. The Bertz CT molecular complexity index is 473. The average molecular weight is 300 g/mol. The maximum atomic E-state index is 11.6. The predicted octanol–water partition coefficient (Wildman–Crippen LogP) is 1.22. The Labute approximate surface area is 118 Å². The highest BCUT2D eigenvalue weighted by molar-refractivity contribution is 8.14. The molecule has 2 aliphatic rings. The summed E-state index contributed by atoms with van der Waals surface area (Å²) in [5, 5.41) is 0.678. The zero-order valence-electron chi connectivity index (χ0n) is 10.1. The quantitative estimate of drug-likeness (QED) is 0.576. The fourth-order valence-electron chi connectivity index (χ4n) is 1.29. The normalized spacial score (nSPS) is 17.7. The largest absolute Gasteiger partial charge is 0.401 e. The van der Waals surface area contributed by atoms with Crippen LogP contribution in [0.25, 0.3) is 0 Å². The van der Waals surface area contributed by atoms with Crippen LogP contribution in [0.2, 0.25) is 0 Å². The summed E-state index contributed by atoms with van der Waals surface area (Å²) in [7, 11) is 0. The summed E-state index contributed by atoms with van der Waals surface area (Å²) < 4.78 is 9.95. The molecule has 2 heterocycles. The van der Waals surface area contributed by atoms with E-state index in [-0.39, 0.29) is 12.0 Å². The van der Waals surface area contributed by atoms with Gasteiger partial charge in [0.2, 0.25) is 0 Å². The van der Waals surface area contributed by atoms with E-state index in [1.165, 1.54) is 23.5 Å². The fraction of sp³-hybridized carbons (Fsp3) is 0.455. The fourth-order valence-corrected chi connectivity index (χ4v) is 2.65. The third-order valence-corrected chi connectivity index (χ3v) is 3.84. The third kappa shape index (κ3) is 4.39. The lowest BCUT2D eigenvalue weighted by molar-refractivity contribution is -0.137. The summed E-state index contributed by atoms with van der Waals surface area (Å²) in [4.78, 5) is 31.1. The van der Waals surface area contributed by atoms with Gasteiger partial charge in [-0.15, -0.1) is 0 Å². The van der Waals surface area contributed by atoms with E-state index < -0.39 is 11.9 Å². The second-order valence-electron chi connectivity index (χ2n) is 3.64. The number of carbonyl (C=O) groups excluding carboxylic acids is 2. The Morgan fingerprint density at radius 3 is 2.21 bits per heavy atom.